The summed E-state index contributed by atoms with van der Waals surface area (Å²) in [5, 5.41) is 11.1. The van der Waals surface area contributed by atoms with Crippen LogP contribution in [0.1, 0.15) is 18.5 Å². The number of nitrogens with one attached hydrogen (secondary N) is 2. The number of carbonyl (C=O) groups excluding carboxylic acids is 1. The number of hydrogen-bond donors (Lipinski definition) is 2. The highest BCUT2D eigenvalue weighted by Gasteiger charge is 2.34. The number of nitrogens with zero attached hydrogens (tertiary/aromatic N) is 5. The lowest BCUT2D eigenvalue weighted by Gasteiger charge is -2.28. The van der Waals surface area contributed by atoms with Gasteiger partial charge in [-0.3, -0.25) is 9.78 Å². The van der Waals surface area contributed by atoms with Crippen molar-refractivity contribution in [2.75, 3.05) is 36.7 Å². The Kier molecular flexibility index (Phi) is 6.12. The summed E-state index contributed by atoms with van der Waals surface area (Å²) in [6.45, 7) is 1.87. The van der Waals surface area contributed by atoms with Crippen molar-refractivity contribution in [1.29, 1.82) is 0 Å². The van der Waals surface area contributed by atoms with Crippen LogP contribution in [0.2, 0.25) is 0 Å². The Bertz CT molecular complexity index is 1430. The van der Waals surface area contributed by atoms with E-state index in [1.54, 1.807) is 36.3 Å². The largest absolute Gasteiger partial charge is 0.497 e. The molecule has 3 heterocycles. The number of methoxy groups -OCH3 is 1. The first kappa shape index (κ1) is 23.1. The van der Waals surface area contributed by atoms with E-state index in [1.807, 2.05) is 74.4 Å². The molecule has 1 amide bonds. The highest BCUT2D eigenvalue weighted by molar-refractivity contribution is 6.06. The molecule has 0 saturated carbocycles. The van der Waals surface area contributed by atoms with Gasteiger partial charge in [-0.2, -0.15) is 4.98 Å². The molecular weight excluding hydrogens is 454 g/mol. The van der Waals surface area contributed by atoms with Gasteiger partial charge in [0.15, 0.2) is 5.82 Å². The van der Waals surface area contributed by atoms with Crippen LogP contribution in [-0.2, 0) is 4.79 Å². The number of amides is 1. The highest BCUT2D eigenvalue weighted by Crippen LogP contribution is 2.37. The number of allylic oxidation sites excluding steroid dienone is 1. The van der Waals surface area contributed by atoms with Crippen molar-refractivity contribution >= 4 is 23.2 Å². The number of aromatic nitrogens is 4. The highest BCUT2D eigenvalue weighted by atomic mass is 16.5. The number of hydrogen-bond acceptors (Lipinski definition) is 7. The summed E-state index contributed by atoms with van der Waals surface area (Å²) in [5.41, 5.74) is 4.65. The molecule has 1 aliphatic heterocycles. The maximum atomic E-state index is 13.6. The van der Waals surface area contributed by atoms with Crippen molar-refractivity contribution in [2.24, 2.45) is 0 Å². The lowest BCUT2D eigenvalue weighted by atomic mass is 9.95. The number of ether oxygens (including phenoxy) is 1. The van der Waals surface area contributed by atoms with Crippen LogP contribution >= 0.6 is 0 Å². The molecule has 1 aliphatic rings. The first-order valence-electron chi connectivity index (χ1n) is 11.5. The monoisotopic (exact) mass is 481 g/mol. The third-order valence-corrected chi connectivity index (χ3v) is 6.07. The summed E-state index contributed by atoms with van der Waals surface area (Å²) >= 11 is 0. The number of carbonyl (C=O) groups is 1. The van der Waals surface area contributed by atoms with Gasteiger partial charge in [-0.05, 0) is 61.0 Å². The Hall–Kier alpha value is -4.66. The average molecular weight is 482 g/mol. The molecule has 36 heavy (non-hydrogen) atoms. The molecule has 4 aromatic rings. The predicted molar refractivity (Wildman–Crippen MR) is 140 cm³/mol. The summed E-state index contributed by atoms with van der Waals surface area (Å²) in [5.74, 6) is 1.57. The number of anilines is 3. The zero-order chi connectivity index (χ0) is 25.2. The second kappa shape index (κ2) is 9.53. The fraction of sp³-hybridized carbons (Fsp3) is 0.185. The normalized spacial score (nSPS) is 14.6. The minimum Gasteiger partial charge on any atom is -0.497 e. The van der Waals surface area contributed by atoms with Gasteiger partial charge in [0.2, 0.25) is 5.95 Å². The molecule has 0 spiro atoms. The lowest BCUT2D eigenvalue weighted by molar-refractivity contribution is -0.113. The molecular formula is C27H27N7O2. The number of pyridine rings is 1. The van der Waals surface area contributed by atoms with E-state index in [4.69, 9.17) is 14.8 Å². The van der Waals surface area contributed by atoms with Crippen molar-refractivity contribution < 1.29 is 9.53 Å². The number of rotatable bonds is 6. The Morgan fingerprint density at radius 3 is 2.61 bits per heavy atom. The zero-order valence-electron chi connectivity index (χ0n) is 20.6. The Morgan fingerprint density at radius 1 is 1.11 bits per heavy atom. The maximum Gasteiger partial charge on any atom is 0.255 e. The molecule has 5 rings (SSSR count). The molecule has 1 unspecified atom stereocenters. The quantitative estimate of drug-likeness (QED) is 0.423. The van der Waals surface area contributed by atoms with Gasteiger partial charge in [0, 0.05) is 37.2 Å². The van der Waals surface area contributed by atoms with Gasteiger partial charge in [-0.25, -0.2) is 4.68 Å². The molecule has 0 fully saturated rings. The molecule has 2 aromatic heterocycles. The first-order valence-corrected chi connectivity index (χ1v) is 11.5. The van der Waals surface area contributed by atoms with Crippen LogP contribution in [0, 0.1) is 0 Å². The SMILES string of the molecule is COc1cccc(C2C(C(=O)Nc3cccnc3)=C(C)Nc3nc(-c4ccc(N(C)C)cc4)nn32)c1. The van der Waals surface area contributed by atoms with E-state index in [0.29, 0.717) is 34.5 Å². The Balaban J connectivity index is 1.59. The Morgan fingerprint density at radius 2 is 1.92 bits per heavy atom. The summed E-state index contributed by atoms with van der Waals surface area (Å²) in [4.78, 5) is 24.5. The maximum absolute atomic E-state index is 13.6. The van der Waals surface area contributed by atoms with Crippen molar-refractivity contribution in [2.45, 2.75) is 13.0 Å². The molecule has 1 atom stereocenters. The van der Waals surface area contributed by atoms with E-state index in [-0.39, 0.29) is 5.91 Å². The van der Waals surface area contributed by atoms with Gasteiger partial charge in [-0.1, -0.05) is 12.1 Å². The second-order valence-electron chi connectivity index (χ2n) is 8.68. The third-order valence-electron chi connectivity index (χ3n) is 6.07. The first-order chi connectivity index (χ1) is 17.4. The second-order valence-corrected chi connectivity index (χ2v) is 8.68. The predicted octanol–water partition coefficient (Wildman–Crippen LogP) is 4.34. The zero-order valence-corrected chi connectivity index (χ0v) is 20.6. The van der Waals surface area contributed by atoms with Crippen molar-refractivity contribution in [3.8, 4) is 17.1 Å². The van der Waals surface area contributed by atoms with Crippen LogP contribution in [-0.4, -0.2) is 46.9 Å². The van der Waals surface area contributed by atoms with Gasteiger partial charge in [-0.15, -0.1) is 5.10 Å². The molecule has 9 nitrogen and oxygen atoms in total. The Labute approximate surface area is 209 Å². The van der Waals surface area contributed by atoms with Gasteiger partial charge >= 0.3 is 0 Å². The molecule has 0 radical (unpaired) electrons. The van der Waals surface area contributed by atoms with Crippen LogP contribution in [0.15, 0.2) is 84.3 Å². The van der Waals surface area contributed by atoms with Crippen LogP contribution in [0.3, 0.4) is 0 Å². The molecule has 2 N–H and O–H groups in total. The topological polar surface area (TPSA) is 97.2 Å². The van der Waals surface area contributed by atoms with Gasteiger partial charge in [0.1, 0.15) is 11.8 Å². The van der Waals surface area contributed by atoms with Crippen LogP contribution in [0.4, 0.5) is 17.3 Å². The fourth-order valence-electron chi connectivity index (χ4n) is 4.23. The number of fused-ring (bicyclic) bond motifs is 1. The minimum atomic E-state index is -0.518. The lowest BCUT2D eigenvalue weighted by Crippen LogP contribution is -2.31. The van der Waals surface area contributed by atoms with Crippen molar-refractivity contribution in [3.05, 3.63) is 89.9 Å². The molecule has 0 bridgehead atoms. The molecule has 182 valence electrons. The summed E-state index contributed by atoms with van der Waals surface area (Å²) < 4.78 is 7.23. The van der Waals surface area contributed by atoms with Crippen LogP contribution in [0.25, 0.3) is 11.4 Å². The average Bonchev–Trinajstić information content (AvgIpc) is 3.32. The smallest absolute Gasteiger partial charge is 0.255 e. The van der Waals surface area contributed by atoms with E-state index >= 15 is 0 Å². The van der Waals surface area contributed by atoms with E-state index in [2.05, 4.69) is 15.6 Å². The van der Waals surface area contributed by atoms with Crippen LogP contribution < -0.4 is 20.3 Å². The van der Waals surface area contributed by atoms with Crippen LogP contribution in [0.5, 0.6) is 5.75 Å². The number of benzene rings is 2. The molecule has 0 aliphatic carbocycles. The van der Waals surface area contributed by atoms with Gasteiger partial charge in [0.25, 0.3) is 5.91 Å². The molecule has 2 aromatic carbocycles. The molecule has 9 heteroatoms. The van der Waals surface area contributed by atoms with E-state index in [0.717, 1.165) is 16.8 Å². The summed E-state index contributed by atoms with van der Waals surface area (Å²) in [6, 6.07) is 18.7. The standard InChI is InChI=1S/C27H27N7O2/c1-17-23(26(35)30-20-8-6-14-28-16-20)24(19-7-5-9-22(15-19)36-4)34-27(29-17)31-25(32-34)18-10-12-21(13-11-18)33(2)3/h5-16,24H,1-4H3,(H,30,35)(H,29,31,32). The fourth-order valence-corrected chi connectivity index (χ4v) is 4.23. The third kappa shape index (κ3) is 4.38. The summed E-state index contributed by atoms with van der Waals surface area (Å²) in [6.07, 6.45) is 3.27. The van der Waals surface area contributed by atoms with Gasteiger partial charge in [0.05, 0.1) is 24.6 Å². The summed E-state index contributed by atoms with van der Waals surface area (Å²) in [7, 11) is 5.62. The van der Waals surface area contributed by atoms with E-state index in [1.165, 1.54) is 0 Å². The van der Waals surface area contributed by atoms with Crippen molar-refractivity contribution in [3.63, 3.8) is 0 Å². The van der Waals surface area contributed by atoms with E-state index in [9.17, 15) is 4.79 Å². The minimum absolute atomic E-state index is 0.251. The molecule has 0 saturated heterocycles. The van der Waals surface area contributed by atoms with E-state index < -0.39 is 6.04 Å². The van der Waals surface area contributed by atoms with Crippen molar-refractivity contribution in [1.82, 2.24) is 19.7 Å². The van der Waals surface area contributed by atoms with Gasteiger partial charge < -0.3 is 20.3 Å².